The molecule has 0 aliphatic carbocycles. The van der Waals surface area contributed by atoms with Crippen molar-refractivity contribution in [1.82, 2.24) is 19.4 Å². The molecule has 0 radical (unpaired) electrons. The Kier molecular flexibility index (Phi) is 7.14. The summed E-state index contributed by atoms with van der Waals surface area (Å²) in [6.45, 7) is 8.42. The minimum Gasteiger partial charge on any atom is -0.329 e. The molecule has 0 bridgehead atoms. The lowest BCUT2D eigenvalue weighted by Gasteiger charge is -2.17. The highest BCUT2D eigenvalue weighted by Gasteiger charge is 2.15. The number of rotatable bonds is 10. The van der Waals surface area contributed by atoms with Crippen LogP contribution in [-0.2, 0) is 16.6 Å². The lowest BCUT2D eigenvalue weighted by Crippen LogP contribution is -2.29. The first-order valence-electron chi connectivity index (χ1n) is 6.98. The molecule has 0 saturated heterocycles. The Morgan fingerprint density at radius 3 is 2.70 bits per heavy atom. The smallest absolute Gasteiger partial charge is 0.243 e. The molecule has 3 N–H and O–H groups in total. The summed E-state index contributed by atoms with van der Waals surface area (Å²) in [4.78, 5) is 2.45. The average Bonchev–Trinajstić information content (AvgIpc) is 2.89. The third-order valence-corrected chi connectivity index (χ3v) is 4.53. The van der Waals surface area contributed by atoms with Gasteiger partial charge in [-0.15, -0.1) is 0 Å². The number of hydrogen-bond donors (Lipinski definition) is 2. The molecule has 8 heteroatoms. The molecule has 116 valence electrons. The van der Waals surface area contributed by atoms with E-state index in [-0.39, 0.29) is 4.90 Å². The minimum atomic E-state index is -3.46. The van der Waals surface area contributed by atoms with Crippen LogP contribution in [0.5, 0.6) is 0 Å². The largest absolute Gasteiger partial charge is 0.329 e. The van der Waals surface area contributed by atoms with Gasteiger partial charge < -0.3 is 10.6 Å². The molecule has 0 amide bonds. The molecule has 0 aliphatic heterocycles. The molecule has 0 atom stereocenters. The Bertz CT molecular complexity index is 482. The summed E-state index contributed by atoms with van der Waals surface area (Å²) in [7, 11) is -3.46. The molecule has 20 heavy (non-hydrogen) atoms. The second-order valence-corrected chi connectivity index (χ2v) is 6.27. The first kappa shape index (κ1) is 17.1. The van der Waals surface area contributed by atoms with Crippen LogP contribution in [-0.4, -0.2) is 55.8 Å². The Morgan fingerprint density at radius 2 is 2.10 bits per heavy atom. The van der Waals surface area contributed by atoms with Crippen LogP contribution in [0.1, 0.15) is 20.3 Å². The summed E-state index contributed by atoms with van der Waals surface area (Å²) in [5, 5.41) is 3.96. The van der Waals surface area contributed by atoms with Crippen LogP contribution in [0.2, 0.25) is 0 Å². The van der Waals surface area contributed by atoms with Crippen molar-refractivity contribution in [3.8, 4) is 0 Å². The second kappa shape index (κ2) is 8.35. The predicted octanol–water partition coefficient (Wildman–Crippen LogP) is -0.148. The topological polar surface area (TPSA) is 93.2 Å². The second-order valence-electron chi connectivity index (χ2n) is 4.51. The molecule has 0 aromatic carbocycles. The molecule has 1 rings (SSSR count). The zero-order valence-electron chi connectivity index (χ0n) is 12.2. The van der Waals surface area contributed by atoms with Gasteiger partial charge in [0.25, 0.3) is 0 Å². The SMILES string of the molecule is CCN(CC)CCCNS(=O)(=O)c1cnn(CCN)c1. The van der Waals surface area contributed by atoms with Gasteiger partial charge in [0.15, 0.2) is 0 Å². The summed E-state index contributed by atoms with van der Waals surface area (Å²) >= 11 is 0. The van der Waals surface area contributed by atoms with Crippen LogP contribution in [0.3, 0.4) is 0 Å². The van der Waals surface area contributed by atoms with Gasteiger partial charge in [-0.2, -0.15) is 5.10 Å². The van der Waals surface area contributed by atoms with Crippen molar-refractivity contribution in [3.63, 3.8) is 0 Å². The van der Waals surface area contributed by atoms with Gasteiger partial charge in [-0.25, -0.2) is 13.1 Å². The quantitative estimate of drug-likeness (QED) is 0.586. The predicted molar refractivity (Wildman–Crippen MR) is 78.9 cm³/mol. The highest BCUT2D eigenvalue weighted by atomic mass is 32.2. The van der Waals surface area contributed by atoms with E-state index in [1.807, 2.05) is 0 Å². The molecule has 0 aliphatic rings. The zero-order chi connectivity index (χ0) is 15.0. The van der Waals surface area contributed by atoms with Crippen LogP contribution in [0, 0.1) is 0 Å². The lowest BCUT2D eigenvalue weighted by molar-refractivity contribution is 0.300. The normalized spacial score (nSPS) is 12.2. The molecule has 1 aromatic heterocycles. The number of nitrogens with two attached hydrogens (primary N) is 1. The van der Waals surface area contributed by atoms with Crippen LogP contribution >= 0.6 is 0 Å². The number of aromatic nitrogens is 2. The maximum atomic E-state index is 12.0. The van der Waals surface area contributed by atoms with Crippen LogP contribution in [0.15, 0.2) is 17.3 Å². The van der Waals surface area contributed by atoms with Crippen LogP contribution in [0.4, 0.5) is 0 Å². The van der Waals surface area contributed by atoms with E-state index in [1.54, 1.807) is 0 Å². The standard InChI is InChI=1S/C12H25N5O2S/c1-3-16(4-2)8-5-7-15-20(18,19)12-10-14-17(11-12)9-6-13/h10-11,15H,3-9,13H2,1-2H3. The van der Waals surface area contributed by atoms with Crippen molar-refractivity contribution in [2.75, 3.05) is 32.7 Å². The van der Waals surface area contributed by atoms with Crippen molar-refractivity contribution in [2.45, 2.75) is 31.7 Å². The monoisotopic (exact) mass is 303 g/mol. The highest BCUT2D eigenvalue weighted by molar-refractivity contribution is 7.89. The molecule has 7 nitrogen and oxygen atoms in total. The van der Waals surface area contributed by atoms with E-state index in [0.29, 0.717) is 19.6 Å². The maximum absolute atomic E-state index is 12.0. The van der Waals surface area contributed by atoms with E-state index in [4.69, 9.17) is 5.73 Å². The number of nitrogens with one attached hydrogen (secondary N) is 1. The summed E-state index contributed by atoms with van der Waals surface area (Å²) in [6, 6.07) is 0. The van der Waals surface area contributed by atoms with Gasteiger partial charge in [0.2, 0.25) is 10.0 Å². The summed E-state index contributed by atoms with van der Waals surface area (Å²) < 4.78 is 28.2. The average molecular weight is 303 g/mol. The molecule has 0 fully saturated rings. The molecule has 0 saturated carbocycles. The van der Waals surface area contributed by atoms with E-state index in [0.717, 1.165) is 26.1 Å². The first-order valence-corrected chi connectivity index (χ1v) is 8.46. The van der Waals surface area contributed by atoms with Gasteiger partial charge >= 0.3 is 0 Å². The fourth-order valence-corrected chi connectivity index (χ4v) is 2.90. The fraction of sp³-hybridized carbons (Fsp3) is 0.750. The van der Waals surface area contributed by atoms with E-state index in [2.05, 4.69) is 28.6 Å². The van der Waals surface area contributed by atoms with Gasteiger partial charge in [0, 0.05) is 19.3 Å². The third-order valence-electron chi connectivity index (χ3n) is 3.12. The third kappa shape index (κ3) is 5.20. The molecule has 0 unspecified atom stereocenters. The van der Waals surface area contributed by atoms with Crippen LogP contribution in [0.25, 0.3) is 0 Å². The first-order chi connectivity index (χ1) is 9.53. The maximum Gasteiger partial charge on any atom is 0.243 e. The molecular formula is C12H25N5O2S. The van der Waals surface area contributed by atoms with Gasteiger partial charge in [-0.3, -0.25) is 4.68 Å². The summed E-state index contributed by atoms with van der Waals surface area (Å²) in [5.41, 5.74) is 5.40. The van der Waals surface area contributed by atoms with Crippen molar-refractivity contribution >= 4 is 10.0 Å². The van der Waals surface area contributed by atoms with Gasteiger partial charge in [0.1, 0.15) is 4.90 Å². The lowest BCUT2D eigenvalue weighted by atomic mass is 10.4. The van der Waals surface area contributed by atoms with E-state index in [9.17, 15) is 8.42 Å². The summed E-state index contributed by atoms with van der Waals surface area (Å²) in [6.07, 6.45) is 3.64. The van der Waals surface area contributed by atoms with Gasteiger partial charge in [-0.05, 0) is 26.1 Å². The summed E-state index contributed by atoms with van der Waals surface area (Å²) in [5.74, 6) is 0. The highest BCUT2D eigenvalue weighted by Crippen LogP contribution is 2.06. The van der Waals surface area contributed by atoms with Crippen molar-refractivity contribution in [1.29, 1.82) is 0 Å². The minimum absolute atomic E-state index is 0.189. The Hall–Kier alpha value is -0.960. The fourth-order valence-electron chi connectivity index (χ4n) is 1.87. The molecule has 1 aromatic rings. The van der Waals surface area contributed by atoms with Crippen molar-refractivity contribution in [2.24, 2.45) is 5.73 Å². The zero-order valence-corrected chi connectivity index (χ0v) is 13.1. The molecule has 1 heterocycles. The van der Waals surface area contributed by atoms with E-state index in [1.165, 1.54) is 17.1 Å². The van der Waals surface area contributed by atoms with E-state index >= 15 is 0 Å². The van der Waals surface area contributed by atoms with Crippen molar-refractivity contribution in [3.05, 3.63) is 12.4 Å². The number of hydrogen-bond acceptors (Lipinski definition) is 5. The van der Waals surface area contributed by atoms with Gasteiger partial charge in [0.05, 0.1) is 12.7 Å². The number of nitrogens with zero attached hydrogens (tertiary/aromatic N) is 3. The Labute approximate surface area is 121 Å². The molecule has 0 spiro atoms. The van der Waals surface area contributed by atoms with Crippen LogP contribution < -0.4 is 10.5 Å². The Morgan fingerprint density at radius 1 is 1.40 bits per heavy atom. The van der Waals surface area contributed by atoms with Gasteiger partial charge in [-0.1, -0.05) is 13.8 Å². The van der Waals surface area contributed by atoms with Crippen molar-refractivity contribution < 1.29 is 8.42 Å². The number of sulfonamides is 1. The molecular weight excluding hydrogens is 278 g/mol. The Balaban J connectivity index is 2.44. The van der Waals surface area contributed by atoms with E-state index < -0.39 is 10.0 Å².